The van der Waals surface area contributed by atoms with Gasteiger partial charge in [-0.3, -0.25) is 4.79 Å². The summed E-state index contributed by atoms with van der Waals surface area (Å²) in [7, 11) is -2.68. The summed E-state index contributed by atoms with van der Waals surface area (Å²) in [5.41, 5.74) is 0. The molecule has 0 aliphatic rings. The lowest BCUT2D eigenvalue weighted by Gasteiger charge is -2.18. The highest BCUT2D eigenvalue weighted by molar-refractivity contribution is 7.89. The van der Waals surface area contributed by atoms with Crippen molar-refractivity contribution in [1.29, 1.82) is 0 Å². The zero-order chi connectivity index (χ0) is 16.2. The molecule has 1 atom stereocenters. The van der Waals surface area contributed by atoms with Gasteiger partial charge in [-0.15, -0.1) is 0 Å². The largest absolute Gasteiger partial charge is 0.468 e. The van der Waals surface area contributed by atoms with Crippen molar-refractivity contribution in [3.05, 3.63) is 28.2 Å². The molecule has 0 radical (unpaired) electrons. The number of ether oxygens (including phenoxy) is 1. The molecular formula is C13H17Cl2NO4S. The van der Waals surface area contributed by atoms with E-state index in [1.807, 2.05) is 13.8 Å². The minimum Gasteiger partial charge on any atom is -0.468 e. The molecule has 0 fully saturated rings. The van der Waals surface area contributed by atoms with Crippen LogP contribution in [0.3, 0.4) is 0 Å². The zero-order valence-corrected chi connectivity index (χ0v) is 14.2. The van der Waals surface area contributed by atoms with Crippen molar-refractivity contribution in [1.82, 2.24) is 4.72 Å². The van der Waals surface area contributed by atoms with Gasteiger partial charge in [0.25, 0.3) is 0 Å². The van der Waals surface area contributed by atoms with Gasteiger partial charge in [0.2, 0.25) is 10.0 Å². The third-order valence-corrected chi connectivity index (χ3v) is 4.90. The third-order valence-electron chi connectivity index (χ3n) is 2.69. The van der Waals surface area contributed by atoms with E-state index in [2.05, 4.69) is 9.46 Å². The molecule has 0 amide bonds. The van der Waals surface area contributed by atoms with Crippen molar-refractivity contribution < 1.29 is 17.9 Å². The van der Waals surface area contributed by atoms with Gasteiger partial charge in [-0.1, -0.05) is 37.0 Å². The number of benzene rings is 1. The van der Waals surface area contributed by atoms with Crippen molar-refractivity contribution in [3.63, 3.8) is 0 Å². The smallest absolute Gasteiger partial charge is 0.323 e. The molecule has 0 bridgehead atoms. The second-order valence-corrected chi connectivity index (χ2v) is 7.43. The molecule has 1 aromatic rings. The summed E-state index contributed by atoms with van der Waals surface area (Å²) in [5.74, 6) is -0.516. The van der Waals surface area contributed by atoms with Crippen LogP contribution in [0.4, 0.5) is 0 Å². The van der Waals surface area contributed by atoms with E-state index < -0.39 is 22.0 Å². The first-order chi connectivity index (χ1) is 9.67. The molecule has 0 aromatic heterocycles. The van der Waals surface area contributed by atoms with Gasteiger partial charge < -0.3 is 4.74 Å². The fourth-order valence-electron chi connectivity index (χ4n) is 1.71. The number of carbonyl (C=O) groups excluding carboxylic acids is 1. The Balaban J connectivity index is 3.05. The van der Waals surface area contributed by atoms with Crippen LogP contribution in [0, 0.1) is 5.92 Å². The maximum absolute atomic E-state index is 12.3. The molecule has 1 N–H and O–H groups in total. The predicted molar refractivity (Wildman–Crippen MR) is 82.0 cm³/mol. The summed E-state index contributed by atoms with van der Waals surface area (Å²) in [6, 6.07) is 2.99. The average molecular weight is 354 g/mol. The van der Waals surface area contributed by atoms with E-state index in [-0.39, 0.29) is 20.9 Å². The van der Waals surface area contributed by atoms with E-state index in [0.717, 1.165) is 0 Å². The molecule has 1 unspecified atom stereocenters. The molecule has 8 heteroatoms. The Labute approximate surface area is 134 Å². The Morgan fingerprint density at radius 2 is 1.90 bits per heavy atom. The molecule has 0 spiro atoms. The lowest BCUT2D eigenvalue weighted by Crippen LogP contribution is -2.42. The Kier molecular flexibility index (Phi) is 6.46. The minimum atomic E-state index is -3.89. The number of hydrogen-bond donors (Lipinski definition) is 1. The number of hydrogen-bond acceptors (Lipinski definition) is 4. The first-order valence-electron chi connectivity index (χ1n) is 6.22. The van der Waals surface area contributed by atoms with Gasteiger partial charge in [-0.05, 0) is 30.5 Å². The zero-order valence-electron chi connectivity index (χ0n) is 11.9. The van der Waals surface area contributed by atoms with E-state index in [9.17, 15) is 13.2 Å². The number of sulfonamides is 1. The predicted octanol–water partition coefficient (Wildman–Crippen LogP) is 2.86. The highest BCUT2D eigenvalue weighted by Gasteiger charge is 2.27. The summed E-state index contributed by atoms with van der Waals surface area (Å²) in [6.07, 6.45) is 0.327. The van der Waals surface area contributed by atoms with Crippen LogP contribution in [0.25, 0.3) is 0 Å². The van der Waals surface area contributed by atoms with Crippen molar-refractivity contribution in [2.24, 2.45) is 5.92 Å². The molecule has 0 saturated carbocycles. The Morgan fingerprint density at radius 1 is 1.29 bits per heavy atom. The summed E-state index contributed by atoms with van der Waals surface area (Å²) in [4.78, 5) is 11.6. The van der Waals surface area contributed by atoms with E-state index in [4.69, 9.17) is 23.2 Å². The van der Waals surface area contributed by atoms with Gasteiger partial charge in [-0.2, -0.15) is 4.72 Å². The van der Waals surface area contributed by atoms with Gasteiger partial charge >= 0.3 is 5.97 Å². The first-order valence-corrected chi connectivity index (χ1v) is 8.46. The standard InChI is InChI=1S/C13H17Cl2NO4S/c1-8(2)6-12(13(17)20-3)16-21(18,19)9-4-5-10(14)11(15)7-9/h4-5,7-8,12,16H,6H2,1-3H3. The van der Waals surface area contributed by atoms with Crippen LogP contribution < -0.4 is 4.72 Å². The molecular weight excluding hydrogens is 337 g/mol. The molecule has 21 heavy (non-hydrogen) atoms. The number of carbonyl (C=O) groups is 1. The third kappa shape index (κ3) is 5.14. The topological polar surface area (TPSA) is 72.5 Å². The molecule has 0 aliphatic carbocycles. The number of halogens is 2. The molecule has 0 aliphatic heterocycles. The van der Waals surface area contributed by atoms with Gasteiger partial charge in [0.15, 0.2) is 0 Å². The van der Waals surface area contributed by atoms with Crippen LogP contribution in [-0.4, -0.2) is 27.5 Å². The lowest BCUT2D eigenvalue weighted by molar-refractivity contribution is -0.143. The van der Waals surface area contributed by atoms with E-state index in [1.54, 1.807) is 0 Å². The van der Waals surface area contributed by atoms with Crippen molar-refractivity contribution in [2.45, 2.75) is 31.2 Å². The SMILES string of the molecule is COC(=O)C(CC(C)C)NS(=O)(=O)c1ccc(Cl)c(Cl)c1. The summed E-state index contributed by atoms with van der Waals surface area (Å²) < 4.78 is 31.5. The van der Waals surface area contributed by atoms with E-state index >= 15 is 0 Å². The highest BCUT2D eigenvalue weighted by atomic mass is 35.5. The number of nitrogens with one attached hydrogen (secondary N) is 1. The van der Waals surface area contributed by atoms with Gasteiger partial charge in [0.1, 0.15) is 6.04 Å². The average Bonchev–Trinajstić information content (AvgIpc) is 2.39. The number of methoxy groups -OCH3 is 1. The van der Waals surface area contributed by atoms with Gasteiger partial charge in [0, 0.05) is 0 Å². The Bertz CT molecular complexity index is 617. The van der Waals surface area contributed by atoms with Crippen LogP contribution >= 0.6 is 23.2 Å². The van der Waals surface area contributed by atoms with Crippen molar-refractivity contribution >= 4 is 39.2 Å². The van der Waals surface area contributed by atoms with E-state index in [0.29, 0.717) is 6.42 Å². The lowest BCUT2D eigenvalue weighted by atomic mass is 10.1. The van der Waals surface area contributed by atoms with Crippen LogP contribution in [0.2, 0.25) is 10.0 Å². The fourth-order valence-corrected chi connectivity index (χ4v) is 3.29. The van der Waals surface area contributed by atoms with Crippen LogP contribution in [0.5, 0.6) is 0 Å². The van der Waals surface area contributed by atoms with Crippen LogP contribution in [0.1, 0.15) is 20.3 Å². The second kappa shape index (κ2) is 7.45. The van der Waals surface area contributed by atoms with Crippen LogP contribution in [-0.2, 0) is 19.6 Å². The van der Waals surface area contributed by atoms with Gasteiger partial charge in [0.05, 0.1) is 22.1 Å². The molecule has 1 aromatic carbocycles. The quantitative estimate of drug-likeness (QED) is 0.798. The fraction of sp³-hybridized carbons (Fsp3) is 0.462. The van der Waals surface area contributed by atoms with Gasteiger partial charge in [-0.25, -0.2) is 8.42 Å². The van der Waals surface area contributed by atoms with Crippen molar-refractivity contribution in [2.75, 3.05) is 7.11 Å². The first kappa shape index (κ1) is 18.2. The Morgan fingerprint density at radius 3 is 2.38 bits per heavy atom. The molecule has 0 saturated heterocycles. The minimum absolute atomic E-state index is 0.0606. The monoisotopic (exact) mass is 353 g/mol. The summed E-state index contributed by atoms with van der Waals surface area (Å²) in [5, 5.41) is 0.375. The molecule has 5 nitrogen and oxygen atoms in total. The summed E-state index contributed by atoms with van der Waals surface area (Å²) >= 11 is 11.6. The highest BCUT2D eigenvalue weighted by Crippen LogP contribution is 2.25. The molecule has 1 rings (SSSR count). The van der Waals surface area contributed by atoms with Crippen molar-refractivity contribution in [3.8, 4) is 0 Å². The normalized spacial score (nSPS) is 13.2. The summed E-state index contributed by atoms with van der Waals surface area (Å²) in [6.45, 7) is 3.76. The van der Waals surface area contributed by atoms with E-state index in [1.165, 1.54) is 25.3 Å². The second-order valence-electron chi connectivity index (χ2n) is 4.90. The maximum atomic E-state index is 12.3. The number of esters is 1. The molecule has 0 heterocycles. The van der Waals surface area contributed by atoms with Crippen LogP contribution in [0.15, 0.2) is 23.1 Å². The number of rotatable bonds is 6. The molecule has 118 valence electrons. The maximum Gasteiger partial charge on any atom is 0.323 e. The Hall–Kier alpha value is -0.820.